The summed E-state index contributed by atoms with van der Waals surface area (Å²) in [7, 11) is 3.94. The Kier molecular flexibility index (Phi) is 5.50. The number of rotatable bonds is 4. The minimum Gasteiger partial charge on any atom is -0.493 e. The van der Waals surface area contributed by atoms with Gasteiger partial charge in [0.2, 0.25) is 0 Å². The van der Waals surface area contributed by atoms with Gasteiger partial charge in [0, 0.05) is 48.4 Å². The van der Waals surface area contributed by atoms with Gasteiger partial charge in [-0.15, -0.1) is 0 Å². The minimum absolute atomic E-state index is 0.0107. The maximum atomic E-state index is 13.7. The zero-order valence-corrected chi connectivity index (χ0v) is 18.7. The standard InChI is InChI=1S/C26H26FN3O3/c1-29-9-8-20(14-29)30(2)26(32)17-5-3-4-16(10-17)18-11-21(33-15-18)13-23-22-12-19(27)6-7-24(22)28-25(23)31/h3-7,10,12-13,15,20-21H,8-9,11,14H2,1-2H3,(H,28,31)/b23-13+. The van der Waals surface area contributed by atoms with E-state index < -0.39 is 5.82 Å². The third kappa shape index (κ3) is 4.16. The number of benzene rings is 2. The zero-order chi connectivity index (χ0) is 23.1. The molecular formula is C26H26FN3O3. The van der Waals surface area contributed by atoms with Crippen molar-refractivity contribution in [1.29, 1.82) is 0 Å². The fourth-order valence-corrected chi connectivity index (χ4v) is 4.73. The van der Waals surface area contributed by atoms with Gasteiger partial charge in [0.1, 0.15) is 11.9 Å². The van der Waals surface area contributed by atoms with Gasteiger partial charge in [0.25, 0.3) is 11.8 Å². The van der Waals surface area contributed by atoms with Crippen LogP contribution in [-0.2, 0) is 9.53 Å². The first-order chi connectivity index (χ1) is 15.9. The molecule has 1 saturated heterocycles. The summed E-state index contributed by atoms with van der Waals surface area (Å²) in [6.07, 6.45) is 4.62. The average molecular weight is 448 g/mol. The second-order valence-corrected chi connectivity index (χ2v) is 8.95. The van der Waals surface area contributed by atoms with E-state index in [1.807, 2.05) is 36.2 Å². The van der Waals surface area contributed by atoms with Crippen molar-refractivity contribution in [3.63, 3.8) is 0 Å². The van der Waals surface area contributed by atoms with Gasteiger partial charge in [-0.25, -0.2) is 4.39 Å². The summed E-state index contributed by atoms with van der Waals surface area (Å²) < 4.78 is 19.5. The summed E-state index contributed by atoms with van der Waals surface area (Å²) in [5.41, 5.74) is 4.07. The number of nitrogens with one attached hydrogen (secondary N) is 1. The summed E-state index contributed by atoms with van der Waals surface area (Å²) in [6.45, 7) is 1.89. The molecule has 0 aromatic heterocycles. The van der Waals surface area contributed by atoms with E-state index >= 15 is 0 Å². The second kappa shape index (κ2) is 8.48. The molecule has 2 atom stereocenters. The summed E-state index contributed by atoms with van der Waals surface area (Å²) >= 11 is 0. The molecule has 1 fully saturated rings. The molecule has 2 amide bonds. The molecule has 1 N–H and O–H groups in total. The van der Waals surface area contributed by atoms with Gasteiger partial charge >= 0.3 is 0 Å². The highest BCUT2D eigenvalue weighted by atomic mass is 19.1. The fraction of sp³-hybridized carbons (Fsp3) is 0.308. The first kappa shape index (κ1) is 21.4. The van der Waals surface area contributed by atoms with Crippen LogP contribution in [0.25, 0.3) is 11.1 Å². The van der Waals surface area contributed by atoms with Crippen LogP contribution in [0.3, 0.4) is 0 Å². The third-order valence-electron chi connectivity index (χ3n) is 6.64. The van der Waals surface area contributed by atoms with Crippen LogP contribution < -0.4 is 5.32 Å². The molecule has 2 unspecified atom stereocenters. The number of ether oxygens (including phenoxy) is 1. The van der Waals surface area contributed by atoms with E-state index in [1.165, 1.54) is 12.1 Å². The Morgan fingerprint density at radius 2 is 2.12 bits per heavy atom. The van der Waals surface area contributed by atoms with Crippen LogP contribution in [0, 0.1) is 5.82 Å². The SMILES string of the molecule is CN1CCC(N(C)C(=O)c2cccc(C3=COC(/C=C4/C(=O)Nc5ccc(F)cc54)C3)c2)C1. The number of halogens is 1. The molecule has 2 aromatic carbocycles. The van der Waals surface area contributed by atoms with Crippen molar-refractivity contribution in [2.24, 2.45) is 0 Å². The number of anilines is 1. The summed E-state index contributed by atoms with van der Waals surface area (Å²) in [6, 6.07) is 12.0. The topological polar surface area (TPSA) is 61.9 Å². The highest BCUT2D eigenvalue weighted by Gasteiger charge is 2.29. The van der Waals surface area contributed by atoms with Crippen molar-refractivity contribution in [2.45, 2.75) is 25.0 Å². The molecule has 0 saturated carbocycles. The molecule has 3 aliphatic rings. The number of carbonyl (C=O) groups excluding carboxylic acids is 2. The Hall–Kier alpha value is -3.45. The van der Waals surface area contributed by atoms with Gasteiger partial charge in [-0.3, -0.25) is 9.59 Å². The molecule has 170 valence electrons. The Balaban J connectivity index is 1.30. The first-order valence-electron chi connectivity index (χ1n) is 11.1. The van der Waals surface area contributed by atoms with Crippen molar-refractivity contribution in [3.8, 4) is 0 Å². The van der Waals surface area contributed by atoms with Crippen LogP contribution in [0.5, 0.6) is 0 Å². The number of amides is 2. The van der Waals surface area contributed by atoms with E-state index in [1.54, 1.807) is 18.4 Å². The largest absolute Gasteiger partial charge is 0.493 e. The normalized spacial score (nSPS) is 23.3. The molecule has 6 nitrogen and oxygen atoms in total. The average Bonchev–Trinajstić information content (AvgIpc) is 3.53. The van der Waals surface area contributed by atoms with Crippen LogP contribution in [0.15, 0.2) is 54.8 Å². The molecule has 2 aromatic rings. The summed E-state index contributed by atoms with van der Waals surface area (Å²) in [5, 5.41) is 2.76. The van der Waals surface area contributed by atoms with Crippen LogP contribution in [-0.4, -0.2) is 60.9 Å². The Bertz CT molecular complexity index is 1190. The van der Waals surface area contributed by atoms with Gasteiger partial charge in [-0.1, -0.05) is 12.1 Å². The summed E-state index contributed by atoms with van der Waals surface area (Å²) in [4.78, 5) is 29.5. The Labute approximate surface area is 192 Å². The molecule has 33 heavy (non-hydrogen) atoms. The van der Waals surface area contributed by atoms with Gasteiger partial charge < -0.3 is 19.9 Å². The molecule has 0 spiro atoms. The van der Waals surface area contributed by atoms with E-state index in [2.05, 4.69) is 17.3 Å². The number of nitrogens with zero attached hydrogens (tertiary/aromatic N) is 2. The van der Waals surface area contributed by atoms with Crippen LogP contribution >= 0.6 is 0 Å². The fourth-order valence-electron chi connectivity index (χ4n) is 4.73. The van der Waals surface area contributed by atoms with E-state index in [0.717, 1.165) is 30.6 Å². The van der Waals surface area contributed by atoms with Crippen molar-refractivity contribution < 1.29 is 18.7 Å². The third-order valence-corrected chi connectivity index (χ3v) is 6.64. The lowest BCUT2D eigenvalue weighted by molar-refractivity contribution is -0.110. The smallest absolute Gasteiger partial charge is 0.256 e. The van der Waals surface area contributed by atoms with Crippen molar-refractivity contribution in [3.05, 3.63) is 77.3 Å². The predicted molar refractivity (Wildman–Crippen MR) is 125 cm³/mol. The van der Waals surface area contributed by atoms with Gasteiger partial charge in [-0.2, -0.15) is 0 Å². The molecular weight excluding hydrogens is 421 g/mol. The van der Waals surface area contributed by atoms with E-state index in [-0.39, 0.29) is 24.0 Å². The minimum atomic E-state index is -0.391. The predicted octanol–water partition coefficient (Wildman–Crippen LogP) is 3.77. The van der Waals surface area contributed by atoms with Gasteiger partial charge in [0.05, 0.1) is 6.26 Å². The number of hydrogen-bond donors (Lipinski definition) is 1. The maximum Gasteiger partial charge on any atom is 0.256 e. The second-order valence-electron chi connectivity index (χ2n) is 8.95. The summed E-state index contributed by atoms with van der Waals surface area (Å²) in [5.74, 6) is -0.643. The molecule has 7 heteroatoms. The molecule has 0 radical (unpaired) electrons. The molecule has 5 rings (SSSR count). The van der Waals surface area contributed by atoms with E-state index in [9.17, 15) is 14.0 Å². The number of carbonyl (C=O) groups is 2. The van der Waals surface area contributed by atoms with Crippen LogP contribution in [0.1, 0.15) is 34.3 Å². The number of likely N-dealkylation sites (N-methyl/N-ethyl adjacent to an activating group) is 2. The molecule has 3 heterocycles. The molecule has 0 aliphatic carbocycles. The lowest BCUT2D eigenvalue weighted by Crippen LogP contribution is -2.38. The van der Waals surface area contributed by atoms with Crippen LogP contribution in [0.4, 0.5) is 10.1 Å². The quantitative estimate of drug-likeness (QED) is 0.725. The molecule has 0 bridgehead atoms. The maximum absolute atomic E-state index is 13.7. The highest BCUT2D eigenvalue weighted by Crippen LogP contribution is 2.35. The lowest BCUT2D eigenvalue weighted by atomic mass is 9.98. The lowest BCUT2D eigenvalue weighted by Gasteiger charge is -2.24. The highest BCUT2D eigenvalue weighted by molar-refractivity contribution is 6.31. The van der Waals surface area contributed by atoms with Crippen molar-refractivity contribution in [1.82, 2.24) is 9.80 Å². The first-order valence-corrected chi connectivity index (χ1v) is 11.1. The number of hydrogen-bond acceptors (Lipinski definition) is 4. The monoisotopic (exact) mass is 447 g/mol. The Morgan fingerprint density at radius 3 is 2.91 bits per heavy atom. The van der Waals surface area contributed by atoms with Crippen molar-refractivity contribution >= 4 is 28.6 Å². The van der Waals surface area contributed by atoms with E-state index in [0.29, 0.717) is 28.8 Å². The molecule has 3 aliphatic heterocycles. The van der Waals surface area contributed by atoms with Crippen LogP contribution in [0.2, 0.25) is 0 Å². The Morgan fingerprint density at radius 1 is 1.27 bits per heavy atom. The van der Waals surface area contributed by atoms with Crippen molar-refractivity contribution in [2.75, 3.05) is 32.5 Å². The van der Waals surface area contributed by atoms with Gasteiger partial charge in [-0.05, 0) is 67.6 Å². The number of likely N-dealkylation sites (tertiary alicyclic amines) is 1. The number of fused-ring (bicyclic) bond motifs is 1. The van der Waals surface area contributed by atoms with E-state index in [4.69, 9.17) is 4.74 Å². The zero-order valence-electron chi connectivity index (χ0n) is 18.7. The van der Waals surface area contributed by atoms with Gasteiger partial charge in [0.15, 0.2) is 0 Å².